The fourth-order valence-electron chi connectivity index (χ4n) is 10.6. The molecule has 3 heterocycles. The van der Waals surface area contributed by atoms with Gasteiger partial charge in [0.1, 0.15) is 23.9 Å². The Morgan fingerprint density at radius 3 is 2.65 bits per heavy atom. The van der Waals surface area contributed by atoms with Crippen molar-refractivity contribution in [2.45, 2.75) is 127 Å². The van der Waals surface area contributed by atoms with Crippen molar-refractivity contribution in [1.29, 1.82) is 0 Å². The lowest BCUT2D eigenvalue weighted by atomic mass is 9.44. The molecule has 2 spiro atoms. The van der Waals surface area contributed by atoms with Crippen LogP contribution in [0.4, 0.5) is 0 Å². The second-order valence-electron chi connectivity index (χ2n) is 13.8. The molecule has 7 aliphatic rings. The highest BCUT2D eigenvalue weighted by molar-refractivity contribution is 5.85. The van der Waals surface area contributed by atoms with E-state index in [0.29, 0.717) is 30.8 Å². The Bertz CT molecular complexity index is 996. The van der Waals surface area contributed by atoms with E-state index < -0.39 is 6.10 Å². The molecule has 4 aliphatic carbocycles. The summed E-state index contributed by atoms with van der Waals surface area (Å²) in [5.74, 6) is 1.47. The lowest BCUT2D eigenvalue weighted by molar-refractivity contribution is -0.271. The zero-order valence-electron chi connectivity index (χ0n) is 22.9. The van der Waals surface area contributed by atoms with Crippen LogP contribution in [0.2, 0.25) is 0 Å². The number of cyclic esters (lactones) is 1. The second-order valence-corrected chi connectivity index (χ2v) is 13.8. The van der Waals surface area contributed by atoms with Gasteiger partial charge in [0.25, 0.3) is 0 Å². The van der Waals surface area contributed by atoms with Crippen LogP contribution in [0.25, 0.3) is 0 Å². The van der Waals surface area contributed by atoms with Gasteiger partial charge in [-0.25, -0.2) is 4.79 Å². The number of aliphatic hydroxyl groups excluding tert-OH is 1. The van der Waals surface area contributed by atoms with Gasteiger partial charge in [-0.05, 0) is 93.5 Å². The maximum absolute atomic E-state index is 11.8. The summed E-state index contributed by atoms with van der Waals surface area (Å²) in [6, 6.07) is 0. The normalized spacial score (nSPS) is 56.5. The fourth-order valence-corrected chi connectivity index (χ4v) is 10.6. The first-order valence-electron chi connectivity index (χ1n) is 14.7. The van der Waals surface area contributed by atoms with Crippen molar-refractivity contribution in [2.24, 2.45) is 28.6 Å². The number of fused-ring (bicyclic) bond motifs is 2. The molecule has 0 radical (unpaired) electrons. The van der Waals surface area contributed by atoms with Crippen LogP contribution >= 0.6 is 0 Å². The Hall–Kier alpha value is -0.990. The van der Waals surface area contributed by atoms with Gasteiger partial charge in [-0.3, -0.25) is 0 Å². The highest BCUT2D eigenvalue weighted by Gasteiger charge is 2.86. The van der Waals surface area contributed by atoms with Crippen LogP contribution < -0.4 is 0 Å². The molecule has 12 atom stereocenters. The summed E-state index contributed by atoms with van der Waals surface area (Å²) in [5, 5.41) is 10.3. The van der Waals surface area contributed by atoms with Crippen LogP contribution in [0, 0.1) is 28.6 Å². The van der Waals surface area contributed by atoms with E-state index in [2.05, 4.69) is 13.8 Å². The van der Waals surface area contributed by atoms with E-state index in [1.807, 2.05) is 6.92 Å². The van der Waals surface area contributed by atoms with E-state index in [-0.39, 0.29) is 52.6 Å². The van der Waals surface area contributed by atoms with Crippen molar-refractivity contribution in [2.75, 3.05) is 13.7 Å². The largest absolute Gasteiger partial charge is 0.458 e. The average molecular weight is 517 g/mol. The molecule has 0 aromatic carbocycles. The molecule has 0 amide bonds. The maximum Gasteiger partial charge on any atom is 0.331 e. The standard InChI is InChI=1S/C30H44O7/c1-17-26(32)22(33-4)15-25(35-17)36-20-6-9-27(2)19(14-20)5-11-29-23(27)8-10-28(3)21(7-12-30(28,29)37-29)18-13-24(31)34-16-18/h13,17,19-23,25-26,32H,5-12,14-16H2,1-4H3/t17-,19-,20+,21-,22-,23-,25+,26+,27+,28-,29?,30-/m1/s1. The topological polar surface area (TPSA) is 86.8 Å². The fraction of sp³-hybridized carbons (Fsp3) is 0.900. The zero-order chi connectivity index (χ0) is 25.8. The second kappa shape index (κ2) is 8.26. The van der Waals surface area contributed by atoms with Crippen molar-refractivity contribution < 1.29 is 33.6 Å². The molecule has 0 aromatic rings. The predicted octanol–water partition coefficient (Wildman–Crippen LogP) is 4.30. The monoisotopic (exact) mass is 516 g/mol. The first kappa shape index (κ1) is 25.0. The number of methoxy groups -OCH3 is 1. The minimum atomic E-state index is -0.606. The van der Waals surface area contributed by atoms with Crippen LogP contribution in [0.15, 0.2) is 11.6 Å². The Morgan fingerprint density at radius 2 is 1.89 bits per heavy atom. The molecule has 7 rings (SSSR count). The third-order valence-electron chi connectivity index (χ3n) is 12.6. The van der Waals surface area contributed by atoms with Gasteiger partial charge < -0.3 is 28.8 Å². The van der Waals surface area contributed by atoms with E-state index in [0.717, 1.165) is 32.1 Å². The lowest BCUT2D eigenvalue weighted by Crippen LogP contribution is -2.59. The van der Waals surface area contributed by atoms with E-state index in [1.165, 1.54) is 31.3 Å². The Morgan fingerprint density at radius 1 is 1.05 bits per heavy atom. The molecule has 7 heteroatoms. The Kier molecular flexibility index (Phi) is 5.58. The van der Waals surface area contributed by atoms with Gasteiger partial charge in [0, 0.05) is 25.0 Å². The summed E-state index contributed by atoms with van der Waals surface area (Å²) >= 11 is 0. The van der Waals surface area contributed by atoms with Crippen LogP contribution in [0.1, 0.15) is 85.0 Å². The zero-order valence-corrected chi connectivity index (χ0v) is 22.9. The number of hydrogen-bond acceptors (Lipinski definition) is 7. The number of epoxide rings is 1. The van der Waals surface area contributed by atoms with Crippen LogP contribution in [-0.2, 0) is 28.5 Å². The molecule has 7 nitrogen and oxygen atoms in total. The summed E-state index contributed by atoms with van der Waals surface area (Å²) in [7, 11) is 1.65. The molecule has 4 saturated carbocycles. The maximum atomic E-state index is 11.8. The molecular formula is C30H44O7. The van der Waals surface area contributed by atoms with Gasteiger partial charge in [-0.1, -0.05) is 13.8 Å². The van der Waals surface area contributed by atoms with Gasteiger partial charge in [0.15, 0.2) is 6.29 Å². The van der Waals surface area contributed by atoms with Crippen molar-refractivity contribution in [3.8, 4) is 0 Å². The lowest BCUT2D eigenvalue weighted by Gasteiger charge is -2.58. The summed E-state index contributed by atoms with van der Waals surface area (Å²) in [6.07, 6.45) is 11.4. The summed E-state index contributed by atoms with van der Waals surface area (Å²) in [6.45, 7) is 7.37. The number of carbonyl (C=O) groups is 1. The van der Waals surface area contributed by atoms with Gasteiger partial charge >= 0.3 is 5.97 Å². The Balaban J connectivity index is 1.06. The van der Waals surface area contributed by atoms with Crippen LogP contribution in [0.5, 0.6) is 0 Å². The van der Waals surface area contributed by atoms with E-state index in [9.17, 15) is 9.90 Å². The molecule has 3 aliphatic heterocycles. The third kappa shape index (κ3) is 3.27. The average Bonchev–Trinajstić information content (AvgIpc) is 3.18. The molecule has 2 saturated heterocycles. The summed E-state index contributed by atoms with van der Waals surface area (Å²) in [5.41, 5.74) is 1.57. The van der Waals surface area contributed by atoms with Crippen molar-refractivity contribution in [3.63, 3.8) is 0 Å². The van der Waals surface area contributed by atoms with E-state index >= 15 is 0 Å². The molecule has 0 aromatic heterocycles. The molecule has 37 heavy (non-hydrogen) atoms. The first-order valence-corrected chi connectivity index (χ1v) is 14.7. The minimum absolute atomic E-state index is 0.0153. The molecule has 6 fully saturated rings. The number of ether oxygens (including phenoxy) is 5. The molecule has 206 valence electrons. The smallest absolute Gasteiger partial charge is 0.331 e. The highest BCUT2D eigenvalue weighted by Crippen LogP contribution is 2.81. The van der Waals surface area contributed by atoms with Gasteiger partial charge in [-0.15, -0.1) is 0 Å². The number of carbonyl (C=O) groups excluding carboxylic acids is 1. The van der Waals surface area contributed by atoms with Crippen molar-refractivity contribution in [1.82, 2.24) is 0 Å². The first-order chi connectivity index (χ1) is 17.7. The quantitative estimate of drug-likeness (QED) is 0.339. The third-order valence-corrected chi connectivity index (χ3v) is 12.6. The van der Waals surface area contributed by atoms with E-state index in [1.54, 1.807) is 13.2 Å². The Labute approximate surface area is 220 Å². The number of esters is 1. The summed E-state index contributed by atoms with van der Waals surface area (Å²) < 4.78 is 30.4. The SMILES string of the molecule is CO[C@@H]1C[C@H](O[C@H]2CC[C@@]3(C)[C@H](CCC45O[C@@]46CC[C@H](C4=CC(=O)OC4)[C@@]6(C)CC[C@@H]53)C2)O[C@H](C)[C@@H]1O. The van der Waals surface area contributed by atoms with Crippen molar-refractivity contribution in [3.05, 3.63) is 11.6 Å². The van der Waals surface area contributed by atoms with Crippen molar-refractivity contribution >= 4 is 5.97 Å². The van der Waals surface area contributed by atoms with E-state index in [4.69, 9.17) is 23.7 Å². The summed E-state index contributed by atoms with van der Waals surface area (Å²) in [4.78, 5) is 11.8. The van der Waals surface area contributed by atoms with Gasteiger partial charge in [0.2, 0.25) is 0 Å². The minimum Gasteiger partial charge on any atom is -0.458 e. The molecule has 1 unspecified atom stereocenters. The number of rotatable bonds is 4. The predicted molar refractivity (Wildman–Crippen MR) is 134 cm³/mol. The molecular weight excluding hydrogens is 472 g/mol. The van der Waals surface area contributed by atoms with Gasteiger partial charge in [0.05, 0.1) is 18.3 Å². The number of aliphatic hydroxyl groups is 1. The molecule has 1 N–H and O–H groups in total. The van der Waals surface area contributed by atoms with Crippen LogP contribution in [-0.4, -0.2) is 66.7 Å². The number of hydrogen-bond donors (Lipinski definition) is 1. The van der Waals surface area contributed by atoms with Gasteiger partial charge in [-0.2, -0.15) is 0 Å². The van der Waals surface area contributed by atoms with Crippen LogP contribution in [0.3, 0.4) is 0 Å². The molecule has 0 bridgehead atoms. The highest BCUT2D eigenvalue weighted by atomic mass is 16.7.